The zero-order chi connectivity index (χ0) is 22.3. The van der Waals surface area contributed by atoms with Crippen molar-refractivity contribution in [2.75, 3.05) is 23.7 Å². The largest absolute Gasteiger partial charge is 0.492 e. The van der Waals surface area contributed by atoms with Crippen LogP contribution in [-0.4, -0.2) is 33.7 Å². The second kappa shape index (κ2) is 10.5. The molecule has 0 fully saturated rings. The third kappa shape index (κ3) is 6.49. The molecule has 0 unspecified atom stereocenters. The van der Waals surface area contributed by atoms with Crippen LogP contribution in [0.3, 0.4) is 0 Å². The van der Waals surface area contributed by atoms with Crippen LogP contribution >= 0.6 is 0 Å². The number of amides is 1. The van der Waals surface area contributed by atoms with Gasteiger partial charge >= 0.3 is 0 Å². The van der Waals surface area contributed by atoms with Gasteiger partial charge in [0.15, 0.2) is 0 Å². The first-order chi connectivity index (χ1) is 14.1. The quantitative estimate of drug-likeness (QED) is 0.613. The number of ether oxygens (including phenoxy) is 1. The van der Waals surface area contributed by atoms with Gasteiger partial charge < -0.3 is 10.1 Å². The highest BCUT2D eigenvalue weighted by molar-refractivity contribution is 7.92. The summed E-state index contributed by atoms with van der Waals surface area (Å²) < 4.78 is 31.6. The van der Waals surface area contributed by atoms with E-state index in [2.05, 4.69) is 18.3 Å². The number of nitrogens with one attached hydrogen (secondary N) is 1. The summed E-state index contributed by atoms with van der Waals surface area (Å²) in [6.45, 7) is 8.54. The van der Waals surface area contributed by atoms with Crippen molar-refractivity contribution in [2.24, 2.45) is 0 Å². The molecule has 6 nitrogen and oxygen atoms in total. The van der Waals surface area contributed by atoms with Gasteiger partial charge in [-0.05, 0) is 62.9 Å². The van der Waals surface area contributed by atoms with Gasteiger partial charge in [-0.1, -0.05) is 30.3 Å². The van der Waals surface area contributed by atoms with Gasteiger partial charge in [0.05, 0.1) is 24.6 Å². The van der Waals surface area contributed by atoms with Gasteiger partial charge in [-0.3, -0.25) is 9.10 Å². The molecule has 1 N–H and O–H groups in total. The first-order valence-electron chi connectivity index (χ1n) is 10.2. The maximum absolute atomic E-state index is 12.4. The summed E-state index contributed by atoms with van der Waals surface area (Å²) in [5, 5.41) is 3.00. The fourth-order valence-electron chi connectivity index (χ4n) is 3.22. The second-order valence-electron chi connectivity index (χ2n) is 7.47. The lowest BCUT2D eigenvalue weighted by molar-refractivity contribution is -0.121. The molecule has 2 aromatic carbocycles. The predicted octanol–water partition coefficient (Wildman–Crippen LogP) is 4.13. The third-order valence-corrected chi connectivity index (χ3v) is 6.19. The van der Waals surface area contributed by atoms with Gasteiger partial charge in [0, 0.05) is 13.0 Å². The maximum Gasteiger partial charge on any atom is 0.232 e. The first-order valence-corrected chi connectivity index (χ1v) is 12.0. The number of rotatable bonds is 10. The molecule has 1 amide bonds. The Labute approximate surface area is 180 Å². The average molecular weight is 433 g/mol. The highest BCUT2D eigenvalue weighted by Gasteiger charge is 2.21. The number of benzene rings is 2. The van der Waals surface area contributed by atoms with Crippen LogP contribution in [0.1, 0.15) is 49.4 Å². The van der Waals surface area contributed by atoms with Gasteiger partial charge in [0.2, 0.25) is 15.9 Å². The van der Waals surface area contributed by atoms with Crippen molar-refractivity contribution in [3.63, 3.8) is 0 Å². The van der Waals surface area contributed by atoms with Crippen LogP contribution < -0.4 is 14.4 Å². The van der Waals surface area contributed by atoms with Crippen molar-refractivity contribution in [1.82, 2.24) is 5.32 Å². The molecule has 0 aliphatic rings. The van der Waals surface area contributed by atoms with E-state index < -0.39 is 10.0 Å². The van der Waals surface area contributed by atoms with Gasteiger partial charge in [0.25, 0.3) is 0 Å². The lowest BCUT2D eigenvalue weighted by Gasteiger charge is -2.24. The lowest BCUT2D eigenvalue weighted by atomic mass is 10.0. The first kappa shape index (κ1) is 23.7. The molecule has 0 spiro atoms. The van der Waals surface area contributed by atoms with Crippen molar-refractivity contribution in [3.05, 3.63) is 59.2 Å². The molecule has 0 aromatic heterocycles. The Bertz CT molecular complexity index is 973. The molecule has 7 heteroatoms. The normalized spacial score (nSPS) is 12.3. The average Bonchev–Trinajstić information content (AvgIpc) is 2.67. The number of nitrogens with zero attached hydrogens (tertiary/aromatic N) is 1. The number of para-hydroxylation sites is 2. The maximum atomic E-state index is 12.4. The summed E-state index contributed by atoms with van der Waals surface area (Å²) in [6, 6.07) is 13.1. The van der Waals surface area contributed by atoms with Crippen LogP contribution in [0, 0.1) is 13.8 Å². The molecule has 0 aliphatic carbocycles. The standard InChI is InChI=1S/C23H32N2O4S/c1-6-29-22-11-8-7-10-21(22)25(30(5,27)28)15-9-12-23(26)24-19(4)20-14-13-17(2)18(3)16-20/h7-8,10-11,13-14,16,19H,6,9,12,15H2,1-5H3,(H,24,26)/t19-/m1/s1. The molecule has 1 atom stereocenters. The summed E-state index contributed by atoms with van der Waals surface area (Å²) in [7, 11) is -3.51. The summed E-state index contributed by atoms with van der Waals surface area (Å²) in [5.41, 5.74) is 3.94. The van der Waals surface area contributed by atoms with E-state index >= 15 is 0 Å². The molecule has 2 aromatic rings. The Morgan fingerprint density at radius 1 is 1.13 bits per heavy atom. The number of hydrogen-bond donors (Lipinski definition) is 1. The Balaban J connectivity index is 2.00. The number of carbonyl (C=O) groups excluding carboxylic acids is 1. The lowest BCUT2D eigenvalue weighted by Crippen LogP contribution is -2.33. The van der Waals surface area contributed by atoms with Crippen LogP contribution in [0.2, 0.25) is 0 Å². The van der Waals surface area contributed by atoms with Crippen molar-refractivity contribution in [1.29, 1.82) is 0 Å². The summed E-state index contributed by atoms with van der Waals surface area (Å²) in [4.78, 5) is 12.4. The van der Waals surface area contributed by atoms with Crippen LogP contribution in [0.4, 0.5) is 5.69 Å². The molecular weight excluding hydrogens is 400 g/mol. The summed E-state index contributed by atoms with van der Waals surface area (Å²) in [6.07, 6.45) is 1.80. The third-order valence-electron chi connectivity index (χ3n) is 5.01. The number of aryl methyl sites for hydroxylation is 2. The molecular formula is C23H32N2O4S. The number of carbonyl (C=O) groups is 1. The van der Waals surface area contributed by atoms with E-state index in [0.29, 0.717) is 24.5 Å². The topological polar surface area (TPSA) is 75.7 Å². The number of anilines is 1. The fraction of sp³-hybridized carbons (Fsp3) is 0.435. The molecule has 2 rings (SSSR count). The van der Waals surface area contributed by atoms with Crippen LogP contribution in [0.5, 0.6) is 5.75 Å². The predicted molar refractivity (Wildman–Crippen MR) is 122 cm³/mol. The molecule has 0 saturated heterocycles. The van der Waals surface area contributed by atoms with E-state index in [-0.39, 0.29) is 24.9 Å². The molecule has 0 aliphatic heterocycles. The minimum atomic E-state index is -3.51. The fourth-order valence-corrected chi connectivity index (χ4v) is 4.19. The molecule has 0 radical (unpaired) electrons. The zero-order valence-electron chi connectivity index (χ0n) is 18.4. The summed E-state index contributed by atoms with van der Waals surface area (Å²) >= 11 is 0. The van der Waals surface area contributed by atoms with Crippen molar-refractivity contribution < 1.29 is 17.9 Å². The van der Waals surface area contributed by atoms with Gasteiger partial charge in [-0.2, -0.15) is 0 Å². The molecule has 0 saturated carbocycles. The second-order valence-corrected chi connectivity index (χ2v) is 9.38. The molecule has 164 valence electrons. The van der Waals surface area contributed by atoms with Crippen molar-refractivity contribution in [3.8, 4) is 5.75 Å². The van der Waals surface area contributed by atoms with E-state index in [4.69, 9.17) is 4.74 Å². The monoisotopic (exact) mass is 432 g/mol. The molecule has 0 bridgehead atoms. The van der Waals surface area contributed by atoms with Gasteiger partial charge in [0.1, 0.15) is 5.75 Å². The number of sulfonamides is 1. The van der Waals surface area contributed by atoms with Crippen LogP contribution in [-0.2, 0) is 14.8 Å². The van der Waals surface area contributed by atoms with Crippen LogP contribution in [0.15, 0.2) is 42.5 Å². The smallest absolute Gasteiger partial charge is 0.232 e. The Kier molecular flexibility index (Phi) is 8.29. The van der Waals surface area contributed by atoms with Crippen molar-refractivity contribution >= 4 is 21.6 Å². The SMILES string of the molecule is CCOc1ccccc1N(CCCC(=O)N[C@H](C)c1ccc(C)c(C)c1)S(C)(=O)=O. The molecule has 30 heavy (non-hydrogen) atoms. The van der Waals surface area contributed by atoms with E-state index in [9.17, 15) is 13.2 Å². The Morgan fingerprint density at radius 3 is 2.47 bits per heavy atom. The van der Waals surface area contributed by atoms with Gasteiger partial charge in [-0.15, -0.1) is 0 Å². The highest BCUT2D eigenvalue weighted by atomic mass is 32.2. The van der Waals surface area contributed by atoms with Crippen molar-refractivity contribution in [2.45, 2.75) is 46.6 Å². The Hall–Kier alpha value is -2.54. The summed E-state index contributed by atoms with van der Waals surface area (Å²) in [5.74, 6) is 0.408. The Morgan fingerprint density at radius 2 is 1.83 bits per heavy atom. The zero-order valence-corrected chi connectivity index (χ0v) is 19.3. The minimum absolute atomic E-state index is 0.104. The van der Waals surface area contributed by atoms with Crippen LogP contribution in [0.25, 0.3) is 0 Å². The van der Waals surface area contributed by atoms with E-state index in [1.54, 1.807) is 24.3 Å². The number of hydrogen-bond acceptors (Lipinski definition) is 4. The highest BCUT2D eigenvalue weighted by Crippen LogP contribution is 2.30. The van der Waals surface area contributed by atoms with Gasteiger partial charge in [-0.25, -0.2) is 8.42 Å². The molecule has 0 heterocycles. The van der Waals surface area contributed by atoms with E-state index in [0.717, 1.165) is 11.8 Å². The van der Waals surface area contributed by atoms with E-state index in [1.807, 2.05) is 32.9 Å². The van der Waals surface area contributed by atoms with E-state index in [1.165, 1.54) is 15.4 Å². The minimum Gasteiger partial charge on any atom is -0.492 e.